The molecule has 0 bridgehead atoms. The lowest BCUT2D eigenvalue weighted by Gasteiger charge is -2.12. The number of hydrogen-bond donors (Lipinski definition) is 0. The molecule has 0 aliphatic heterocycles. The number of unbranched alkanes of at least 4 members (excludes halogenated alkanes) is 1. The van der Waals surface area contributed by atoms with E-state index >= 15 is 0 Å². The van der Waals surface area contributed by atoms with E-state index in [0.29, 0.717) is 36.5 Å². The molecule has 0 fully saturated rings. The maximum absolute atomic E-state index is 12.7. The van der Waals surface area contributed by atoms with Gasteiger partial charge in [0.15, 0.2) is 5.78 Å². The molecule has 0 atom stereocenters. The van der Waals surface area contributed by atoms with Crippen molar-refractivity contribution in [3.8, 4) is 5.75 Å². The van der Waals surface area contributed by atoms with Gasteiger partial charge in [0.2, 0.25) is 0 Å². The highest BCUT2D eigenvalue weighted by atomic mass is 16.5. The van der Waals surface area contributed by atoms with Crippen LogP contribution in [0.4, 0.5) is 0 Å². The minimum absolute atomic E-state index is 0.0597. The van der Waals surface area contributed by atoms with Gasteiger partial charge in [-0.2, -0.15) is 0 Å². The van der Waals surface area contributed by atoms with E-state index in [1.807, 2.05) is 37.3 Å². The Bertz CT molecular complexity index is 735. The summed E-state index contributed by atoms with van der Waals surface area (Å²) < 4.78 is 10.7. The number of ketones is 1. The lowest BCUT2D eigenvalue weighted by Crippen LogP contribution is -2.08. The Morgan fingerprint density at radius 3 is 2.48 bits per heavy atom. The summed E-state index contributed by atoms with van der Waals surface area (Å²) in [5, 5.41) is 0. The second kappa shape index (κ2) is 9.42. The molecule has 0 saturated carbocycles. The molecular formula is C21H22O4. The summed E-state index contributed by atoms with van der Waals surface area (Å²) in [5.41, 5.74) is 2.21. The van der Waals surface area contributed by atoms with Crippen molar-refractivity contribution in [3.05, 3.63) is 77.9 Å². The molecule has 130 valence electrons. The summed E-state index contributed by atoms with van der Waals surface area (Å²) in [6, 6.07) is 14.7. The molecule has 0 spiro atoms. The minimum atomic E-state index is -0.421. The molecule has 0 saturated heterocycles. The Labute approximate surface area is 148 Å². The van der Waals surface area contributed by atoms with E-state index in [-0.39, 0.29) is 5.78 Å². The number of benzene rings is 2. The topological polar surface area (TPSA) is 52.6 Å². The summed E-state index contributed by atoms with van der Waals surface area (Å²) in [6.45, 7) is 6.08. The Hall–Kier alpha value is -2.88. The van der Waals surface area contributed by atoms with Crippen molar-refractivity contribution in [1.29, 1.82) is 0 Å². The van der Waals surface area contributed by atoms with E-state index < -0.39 is 5.97 Å². The lowest BCUT2D eigenvalue weighted by atomic mass is 10.0. The smallest absolute Gasteiger partial charge is 0.330 e. The molecule has 4 heteroatoms. The number of hydrogen-bond acceptors (Lipinski definition) is 4. The summed E-state index contributed by atoms with van der Waals surface area (Å²) in [6.07, 6.45) is 2.55. The molecule has 0 aliphatic rings. The number of aryl methyl sites for hydroxylation is 1. The summed E-state index contributed by atoms with van der Waals surface area (Å²) in [5.74, 6) is 0.0998. The van der Waals surface area contributed by atoms with E-state index in [9.17, 15) is 9.59 Å². The van der Waals surface area contributed by atoms with Crippen molar-refractivity contribution >= 4 is 11.8 Å². The van der Waals surface area contributed by atoms with Crippen LogP contribution in [-0.4, -0.2) is 25.0 Å². The predicted octanol–water partition coefficient (Wildman–Crippen LogP) is 4.11. The largest absolute Gasteiger partial charge is 0.493 e. The molecule has 0 amide bonds. The summed E-state index contributed by atoms with van der Waals surface area (Å²) in [4.78, 5) is 23.6. The van der Waals surface area contributed by atoms with Crippen LogP contribution in [0.25, 0.3) is 0 Å². The van der Waals surface area contributed by atoms with Gasteiger partial charge < -0.3 is 9.47 Å². The Morgan fingerprint density at radius 2 is 1.76 bits per heavy atom. The van der Waals surface area contributed by atoms with E-state index in [0.717, 1.165) is 18.1 Å². The van der Waals surface area contributed by atoms with Crippen LogP contribution in [-0.2, 0) is 9.53 Å². The highest BCUT2D eigenvalue weighted by molar-refractivity contribution is 6.10. The number of carbonyl (C=O) groups excluding carboxylic acids is 2. The zero-order valence-electron chi connectivity index (χ0n) is 14.4. The maximum Gasteiger partial charge on any atom is 0.330 e. The molecule has 0 aliphatic carbocycles. The van der Waals surface area contributed by atoms with Crippen LogP contribution in [0.2, 0.25) is 0 Å². The standard InChI is InChI=1S/C21H22O4/c1-3-20(22)25-14-8-7-13-24-19-15-16(2)11-12-18(19)21(23)17-9-5-4-6-10-17/h3-6,9-12,15H,1,7-8,13-14H2,2H3. The van der Waals surface area contributed by atoms with E-state index in [4.69, 9.17) is 9.47 Å². The molecule has 0 aromatic heterocycles. The van der Waals surface area contributed by atoms with Crippen LogP contribution in [0.5, 0.6) is 5.75 Å². The van der Waals surface area contributed by atoms with Gasteiger partial charge in [0.25, 0.3) is 0 Å². The fourth-order valence-electron chi connectivity index (χ4n) is 2.30. The van der Waals surface area contributed by atoms with Gasteiger partial charge in [0.05, 0.1) is 18.8 Å². The van der Waals surface area contributed by atoms with Crippen molar-refractivity contribution in [1.82, 2.24) is 0 Å². The third-order valence-electron chi connectivity index (χ3n) is 3.62. The van der Waals surface area contributed by atoms with Gasteiger partial charge in [-0.1, -0.05) is 43.0 Å². The third-order valence-corrected chi connectivity index (χ3v) is 3.62. The highest BCUT2D eigenvalue weighted by Crippen LogP contribution is 2.23. The van der Waals surface area contributed by atoms with Crippen LogP contribution in [0.1, 0.15) is 34.3 Å². The molecule has 0 unspecified atom stereocenters. The second-order valence-electron chi connectivity index (χ2n) is 5.62. The van der Waals surface area contributed by atoms with Gasteiger partial charge in [-0.15, -0.1) is 0 Å². The van der Waals surface area contributed by atoms with Crippen LogP contribution < -0.4 is 4.74 Å². The Kier molecular flexibility index (Phi) is 6.96. The van der Waals surface area contributed by atoms with Gasteiger partial charge in [-0.3, -0.25) is 4.79 Å². The summed E-state index contributed by atoms with van der Waals surface area (Å²) >= 11 is 0. The van der Waals surface area contributed by atoms with Gasteiger partial charge in [0.1, 0.15) is 5.75 Å². The highest BCUT2D eigenvalue weighted by Gasteiger charge is 2.14. The fourth-order valence-corrected chi connectivity index (χ4v) is 2.30. The SMILES string of the molecule is C=CC(=O)OCCCCOc1cc(C)ccc1C(=O)c1ccccc1. The molecule has 0 N–H and O–H groups in total. The molecule has 4 nitrogen and oxygen atoms in total. The van der Waals surface area contributed by atoms with E-state index in [1.165, 1.54) is 0 Å². The first-order chi connectivity index (χ1) is 12.1. The molecule has 25 heavy (non-hydrogen) atoms. The molecular weight excluding hydrogens is 316 g/mol. The number of esters is 1. The normalized spacial score (nSPS) is 10.1. The fraction of sp³-hybridized carbons (Fsp3) is 0.238. The maximum atomic E-state index is 12.7. The summed E-state index contributed by atoms with van der Waals surface area (Å²) in [7, 11) is 0. The van der Waals surface area contributed by atoms with Crippen LogP contribution in [0, 0.1) is 6.92 Å². The van der Waals surface area contributed by atoms with E-state index in [2.05, 4.69) is 6.58 Å². The van der Waals surface area contributed by atoms with Crippen molar-refractivity contribution in [3.63, 3.8) is 0 Å². The van der Waals surface area contributed by atoms with Crippen molar-refractivity contribution in [2.24, 2.45) is 0 Å². The van der Waals surface area contributed by atoms with Crippen molar-refractivity contribution in [2.75, 3.05) is 13.2 Å². The average Bonchev–Trinajstić information content (AvgIpc) is 2.64. The lowest BCUT2D eigenvalue weighted by molar-refractivity contribution is -0.137. The first-order valence-electron chi connectivity index (χ1n) is 8.24. The first-order valence-corrected chi connectivity index (χ1v) is 8.24. The predicted molar refractivity (Wildman–Crippen MR) is 96.9 cm³/mol. The zero-order valence-corrected chi connectivity index (χ0v) is 14.4. The second-order valence-corrected chi connectivity index (χ2v) is 5.62. The third kappa shape index (κ3) is 5.60. The van der Waals surface area contributed by atoms with Crippen LogP contribution in [0.3, 0.4) is 0 Å². The monoisotopic (exact) mass is 338 g/mol. The van der Waals surface area contributed by atoms with Crippen LogP contribution >= 0.6 is 0 Å². The van der Waals surface area contributed by atoms with Crippen molar-refractivity contribution in [2.45, 2.75) is 19.8 Å². The van der Waals surface area contributed by atoms with Gasteiger partial charge in [0, 0.05) is 11.6 Å². The molecule has 2 rings (SSSR count). The zero-order chi connectivity index (χ0) is 18.1. The number of rotatable bonds is 9. The van der Waals surface area contributed by atoms with E-state index in [1.54, 1.807) is 18.2 Å². The van der Waals surface area contributed by atoms with Crippen LogP contribution in [0.15, 0.2) is 61.2 Å². The van der Waals surface area contributed by atoms with Crippen molar-refractivity contribution < 1.29 is 19.1 Å². The average molecular weight is 338 g/mol. The van der Waals surface area contributed by atoms with Gasteiger partial charge >= 0.3 is 5.97 Å². The Balaban J connectivity index is 1.96. The first kappa shape index (κ1) is 18.5. The van der Waals surface area contributed by atoms with Gasteiger partial charge in [-0.05, 0) is 37.5 Å². The molecule has 2 aromatic carbocycles. The quantitative estimate of drug-likeness (QED) is 0.299. The van der Waals surface area contributed by atoms with Gasteiger partial charge in [-0.25, -0.2) is 4.79 Å². The Morgan fingerprint density at radius 1 is 1.04 bits per heavy atom. The minimum Gasteiger partial charge on any atom is -0.493 e. The number of carbonyl (C=O) groups is 2. The number of ether oxygens (including phenoxy) is 2. The molecule has 0 heterocycles. The molecule has 2 aromatic rings. The molecule has 0 radical (unpaired) electrons.